The fourth-order valence-corrected chi connectivity index (χ4v) is 1.89. The van der Waals surface area contributed by atoms with Crippen LogP contribution >= 0.6 is 0 Å². The molecule has 0 aliphatic rings. The first-order valence-electron chi connectivity index (χ1n) is 6.90. The number of ether oxygens (including phenoxy) is 1. The third-order valence-corrected chi connectivity index (χ3v) is 3.11. The van der Waals surface area contributed by atoms with Crippen LogP contribution in [0.2, 0.25) is 0 Å². The number of aliphatic hydroxyl groups excluding tert-OH is 1. The van der Waals surface area contributed by atoms with Crippen molar-refractivity contribution in [3.63, 3.8) is 0 Å². The van der Waals surface area contributed by atoms with Crippen LogP contribution in [0, 0.1) is 6.92 Å². The fraction of sp³-hybridized carbons (Fsp3) is 0.562. The second-order valence-electron chi connectivity index (χ2n) is 6.13. The third-order valence-electron chi connectivity index (χ3n) is 3.11. The van der Waals surface area contributed by atoms with Crippen LogP contribution < -0.4 is 5.32 Å². The van der Waals surface area contributed by atoms with E-state index in [0.29, 0.717) is 0 Å². The van der Waals surface area contributed by atoms with Crippen molar-refractivity contribution in [1.29, 1.82) is 0 Å². The average Bonchev–Trinajstić information content (AvgIpc) is 2.34. The molecule has 0 bridgehead atoms. The molecule has 112 valence electrons. The zero-order valence-corrected chi connectivity index (χ0v) is 12.9. The minimum absolute atomic E-state index is 0.00752. The van der Waals surface area contributed by atoms with E-state index < -0.39 is 11.7 Å². The van der Waals surface area contributed by atoms with Gasteiger partial charge in [-0.25, -0.2) is 4.79 Å². The lowest BCUT2D eigenvalue weighted by atomic mass is 9.93. The maximum Gasteiger partial charge on any atom is 0.407 e. The van der Waals surface area contributed by atoms with Crippen LogP contribution in [0.15, 0.2) is 24.3 Å². The predicted octanol–water partition coefficient (Wildman–Crippen LogP) is 2.98. The molecule has 1 rings (SSSR count). The van der Waals surface area contributed by atoms with E-state index in [2.05, 4.69) is 5.32 Å². The molecule has 4 nitrogen and oxygen atoms in total. The lowest BCUT2D eigenvalue weighted by molar-refractivity contribution is 0.0473. The Kier molecular flexibility index (Phi) is 5.57. The molecule has 4 heteroatoms. The standard InChI is InChI=1S/C16H25NO3/c1-11-6-8-13(9-7-11)12(2)14(10-18)17-15(19)20-16(3,4)5/h6-9,12,14,18H,10H2,1-5H3,(H,17,19)/t12-,14+/m0/s1. The van der Waals surface area contributed by atoms with E-state index in [1.807, 2.05) is 58.9 Å². The van der Waals surface area contributed by atoms with Gasteiger partial charge in [0.1, 0.15) is 5.60 Å². The number of alkyl carbamates (subject to hydrolysis) is 1. The Morgan fingerprint density at radius 2 is 1.85 bits per heavy atom. The summed E-state index contributed by atoms with van der Waals surface area (Å²) in [7, 11) is 0. The SMILES string of the molecule is Cc1ccc([C@H](C)[C@@H](CO)NC(=O)OC(C)(C)C)cc1. The summed E-state index contributed by atoms with van der Waals surface area (Å²) in [5.41, 5.74) is 1.71. The molecule has 0 heterocycles. The summed E-state index contributed by atoms with van der Waals surface area (Å²) in [5.74, 6) is 0.00752. The zero-order chi connectivity index (χ0) is 15.3. The summed E-state index contributed by atoms with van der Waals surface area (Å²) in [6.45, 7) is 9.30. The van der Waals surface area contributed by atoms with Crippen molar-refractivity contribution in [3.8, 4) is 0 Å². The number of rotatable bonds is 4. The van der Waals surface area contributed by atoms with Gasteiger partial charge in [-0.2, -0.15) is 0 Å². The molecule has 0 aliphatic heterocycles. The van der Waals surface area contributed by atoms with Gasteiger partial charge in [-0.1, -0.05) is 36.8 Å². The van der Waals surface area contributed by atoms with E-state index in [1.54, 1.807) is 0 Å². The summed E-state index contributed by atoms with van der Waals surface area (Å²) in [6, 6.07) is 7.70. The molecule has 0 saturated carbocycles. The lowest BCUT2D eigenvalue weighted by Crippen LogP contribution is -2.43. The molecule has 0 radical (unpaired) electrons. The average molecular weight is 279 g/mol. The minimum atomic E-state index is -0.544. The number of nitrogens with one attached hydrogen (secondary N) is 1. The highest BCUT2D eigenvalue weighted by molar-refractivity contribution is 5.68. The Labute approximate surface area is 121 Å². The quantitative estimate of drug-likeness (QED) is 0.890. The molecule has 0 fully saturated rings. The van der Waals surface area contributed by atoms with E-state index in [0.717, 1.165) is 5.56 Å². The molecule has 0 saturated heterocycles. The van der Waals surface area contributed by atoms with Gasteiger partial charge in [-0.3, -0.25) is 0 Å². The highest BCUT2D eigenvalue weighted by Gasteiger charge is 2.23. The van der Waals surface area contributed by atoms with Crippen molar-refractivity contribution in [2.45, 2.75) is 52.2 Å². The second-order valence-corrected chi connectivity index (χ2v) is 6.13. The maximum absolute atomic E-state index is 11.8. The summed E-state index contributed by atoms with van der Waals surface area (Å²) < 4.78 is 5.21. The molecule has 1 aromatic rings. The van der Waals surface area contributed by atoms with Gasteiger partial charge >= 0.3 is 6.09 Å². The van der Waals surface area contributed by atoms with E-state index in [4.69, 9.17) is 4.74 Å². The van der Waals surface area contributed by atoms with Gasteiger partial charge in [-0.15, -0.1) is 0 Å². The van der Waals surface area contributed by atoms with Gasteiger partial charge < -0.3 is 15.2 Å². The second kappa shape index (κ2) is 6.75. The van der Waals surface area contributed by atoms with Crippen molar-refractivity contribution < 1.29 is 14.6 Å². The number of aliphatic hydroxyl groups is 1. The van der Waals surface area contributed by atoms with Crippen LogP contribution in [0.4, 0.5) is 4.79 Å². The third kappa shape index (κ3) is 5.21. The van der Waals surface area contributed by atoms with E-state index in [-0.39, 0.29) is 18.6 Å². The summed E-state index contributed by atoms with van der Waals surface area (Å²) in [5, 5.41) is 12.2. The van der Waals surface area contributed by atoms with Crippen molar-refractivity contribution in [2.24, 2.45) is 0 Å². The Morgan fingerprint density at radius 3 is 2.30 bits per heavy atom. The Morgan fingerprint density at radius 1 is 1.30 bits per heavy atom. The van der Waals surface area contributed by atoms with Gasteiger partial charge in [0.15, 0.2) is 0 Å². The Hall–Kier alpha value is -1.55. The number of hydrogen-bond donors (Lipinski definition) is 2. The Bertz CT molecular complexity index is 434. The summed E-state index contributed by atoms with van der Waals surface area (Å²) >= 11 is 0. The van der Waals surface area contributed by atoms with E-state index in [9.17, 15) is 9.90 Å². The molecule has 2 atom stereocenters. The van der Waals surface area contributed by atoms with Crippen LogP contribution in [-0.2, 0) is 4.74 Å². The highest BCUT2D eigenvalue weighted by atomic mass is 16.6. The molecule has 20 heavy (non-hydrogen) atoms. The van der Waals surface area contributed by atoms with Gasteiger partial charge in [0.2, 0.25) is 0 Å². The number of carbonyl (C=O) groups is 1. The minimum Gasteiger partial charge on any atom is -0.444 e. The number of carbonyl (C=O) groups excluding carboxylic acids is 1. The first-order valence-corrected chi connectivity index (χ1v) is 6.90. The van der Waals surface area contributed by atoms with Gasteiger partial charge in [0.05, 0.1) is 12.6 Å². The van der Waals surface area contributed by atoms with E-state index >= 15 is 0 Å². The monoisotopic (exact) mass is 279 g/mol. The first kappa shape index (κ1) is 16.5. The van der Waals surface area contributed by atoms with Gasteiger partial charge in [0.25, 0.3) is 0 Å². The topological polar surface area (TPSA) is 58.6 Å². The molecule has 1 amide bonds. The molecule has 1 aromatic carbocycles. The predicted molar refractivity (Wildman–Crippen MR) is 79.8 cm³/mol. The van der Waals surface area contributed by atoms with Gasteiger partial charge in [0, 0.05) is 5.92 Å². The largest absolute Gasteiger partial charge is 0.444 e. The van der Waals surface area contributed by atoms with E-state index in [1.165, 1.54) is 5.56 Å². The Balaban J connectivity index is 2.70. The van der Waals surface area contributed by atoms with Gasteiger partial charge in [-0.05, 0) is 33.3 Å². The molecule has 0 aliphatic carbocycles. The normalized spacial score (nSPS) is 14.5. The fourth-order valence-electron chi connectivity index (χ4n) is 1.89. The molecular formula is C16H25NO3. The molecule has 0 aromatic heterocycles. The summed E-state index contributed by atoms with van der Waals surface area (Å²) in [6.07, 6.45) is -0.504. The number of hydrogen-bond acceptors (Lipinski definition) is 3. The molecular weight excluding hydrogens is 254 g/mol. The number of benzene rings is 1. The smallest absolute Gasteiger partial charge is 0.407 e. The number of amides is 1. The molecule has 2 N–H and O–H groups in total. The van der Waals surface area contributed by atoms with Crippen LogP contribution in [-0.4, -0.2) is 29.4 Å². The first-order chi connectivity index (χ1) is 9.23. The highest BCUT2D eigenvalue weighted by Crippen LogP contribution is 2.20. The maximum atomic E-state index is 11.8. The van der Waals surface area contributed by atoms with Crippen LogP contribution in [0.3, 0.4) is 0 Å². The van der Waals surface area contributed by atoms with Crippen LogP contribution in [0.25, 0.3) is 0 Å². The number of aryl methyl sites for hydroxylation is 1. The molecule has 0 unspecified atom stereocenters. The van der Waals surface area contributed by atoms with Crippen LogP contribution in [0.5, 0.6) is 0 Å². The van der Waals surface area contributed by atoms with Crippen molar-refractivity contribution in [1.82, 2.24) is 5.32 Å². The van der Waals surface area contributed by atoms with Crippen molar-refractivity contribution in [3.05, 3.63) is 35.4 Å². The van der Waals surface area contributed by atoms with Crippen molar-refractivity contribution >= 4 is 6.09 Å². The lowest BCUT2D eigenvalue weighted by Gasteiger charge is -2.26. The van der Waals surface area contributed by atoms with Crippen LogP contribution in [0.1, 0.15) is 44.7 Å². The molecule has 0 spiro atoms. The zero-order valence-electron chi connectivity index (χ0n) is 12.9. The summed E-state index contributed by atoms with van der Waals surface area (Å²) in [4.78, 5) is 11.8. The van der Waals surface area contributed by atoms with Crippen molar-refractivity contribution in [2.75, 3.05) is 6.61 Å².